The Hall–Kier alpha value is -2.56. The van der Waals surface area contributed by atoms with Crippen molar-refractivity contribution in [1.29, 1.82) is 0 Å². The van der Waals surface area contributed by atoms with Crippen molar-refractivity contribution in [3.63, 3.8) is 0 Å². The molecule has 0 radical (unpaired) electrons. The van der Waals surface area contributed by atoms with Gasteiger partial charge in [0, 0.05) is 11.6 Å². The molecular formula is C15H10F2N2O. The van der Waals surface area contributed by atoms with Gasteiger partial charge in [-0.15, -0.1) is 0 Å². The fourth-order valence-corrected chi connectivity index (χ4v) is 1.98. The quantitative estimate of drug-likeness (QED) is 0.739. The van der Waals surface area contributed by atoms with Crippen molar-refractivity contribution in [3.8, 4) is 11.4 Å². The lowest BCUT2D eigenvalue weighted by molar-refractivity contribution is 0.510. The lowest BCUT2D eigenvalue weighted by atomic mass is 10.1. The van der Waals surface area contributed by atoms with E-state index in [-0.39, 0.29) is 10.9 Å². The summed E-state index contributed by atoms with van der Waals surface area (Å²) in [5.74, 6) is -1.76. The first-order valence-electron chi connectivity index (χ1n) is 6.01. The summed E-state index contributed by atoms with van der Waals surface area (Å²) in [5, 5.41) is 0.0276. The molecule has 0 bridgehead atoms. The van der Waals surface area contributed by atoms with E-state index >= 15 is 0 Å². The third-order valence-corrected chi connectivity index (χ3v) is 3.07. The first-order valence-corrected chi connectivity index (χ1v) is 6.01. The Morgan fingerprint density at radius 2 is 1.70 bits per heavy atom. The van der Waals surface area contributed by atoms with Crippen LogP contribution in [0.1, 0.15) is 5.56 Å². The third-order valence-electron chi connectivity index (χ3n) is 3.07. The molecule has 1 heterocycles. The summed E-state index contributed by atoms with van der Waals surface area (Å²) in [6, 6.07) is 9.15. The topological polar surface area (TPSA) is 45.8 Å². The number of aryl methyl sites for hydroxylation is 1. The number of halogens is 2. The second-order valence-corrected chi connectivity index (χ2v) is 4.56. The van der Waals surface area contributed by atoms with Gasteiger partial charge in [0.25, 0.3) is 5.56 Å². The Kier molecular flexibility index (Phi) is 2.82. The van der Waals surface area contributed by atoms with E-state index in [1.807, 2.05) is 19.1 Å². The Balaban J connectivity index is 2.26. The zero-order valence-electron chi connectivity index (χ0n) is 10.6. The maximum absolute atomic E-state index is 13.2. The van der Waals surface area contributed by atoms with Gasteiger partial charge >= 0.3 is 0 Å². The summed E-state index contributed by atoms with van der Waals surface area (Å²) >= 11 is 0. The molecule has 100 valence electrons. The van der Waals surface area contributed by atoms with Crippen LogP contribution in [0.5, 0.6) is 0 Å². The lowest BCUT2D eigenvalue weighted by Gasteiger charge is -2.04. The molecule has 0 amide bonds. The van der Waals surface area contributed by atoms with Gasteiger partial charge < -0.3 is 4.98 Å². The average Bonchev–Trinajstić information content (AvgIpc) is 2.42. The van der Waals surface area contributed by atoms with Gasteiger partial charge in [-0.05, 0) is 13.0 Å². The normalized spacial score (nSPS) is 10.9. The van der Waals surface area contributed by atoms with Crippen molar-refractivity contribution in [1.82, 2.24) is 9.97 Å². The van der Waals surface area contributed by atoms with E-state index in [0.717, 1.165) is 17.7 Å². The Labute approximate surface area is 112 Å². The van der Waals surface area contributed by atoms with Crippen LogP contribution in [0, 0.1) is 18.6 Å². The molecular weight excluding hydrogens is 262 g/mol. The number of fused-ring (bicyclic) bond motifs is 1. The summed E-state index contributed by atoms with van der Waals surface area (Å²) < 4.78 is 26.4. The molecule has 20 heavy (non-hydrogen) atoms. The predicted octanol–water partition coefficient (Wildman–Crippen LogP) is 3.18. The van der Waals surface area contributed by atoms with Crippen molar-refractivity contribution in [2.75, 3.05) is 0 Å². The van der Waals surface area contributed by atoms with Crippen LogP contribution >= 0.6 is 0 Å². The number of benzene rings is 2. The number of nitrogens with one attached hydrogen (secondary N) is 1. The Morgan fingerprint density at radius 1 is 1.05 bits per heavy atom. The molecule has 5 heteroatoms. The highest BCUT2D eigenvalue weighted by Crippen LogP contribution is 2.18. The van der Waals surface area contributed by atoms with Crippen molar-refractivity contribution in [2.45, 2.75) is 6.92 Å². The molecule has 0 spiro atoms. The molecule has 1 aromatic heterocycles. The van der Waals surface area contributed by atoms with E-state index in [9.17, 15) is 13.6 Å². The highest BCUT2D eigenvalue weighted by molar-refractivity contribution is 5.79. The van der Waals surface area contributed by atoms with Crippen molar-refractivity contribution in [3.05, 3.63) is 63.9 Å². The van der Waals surface area contributed by atoms with Gasteiger partial charge in [0.1, 0.15) is 5.82 Å². The number of hydrogen-bond donors (Lipinski definition) is 1. The molecule has 0 saturated heterocycles. The first-order chi connectivity index (χ1) is 9.54. The fraction of sp³-hybridized carbons (Fsp3) is 0.0667. The number of H-pyrrole nitrogens is 1. The zero-order chi connectivity index (χ0) is 14.3. The molecule has 0 aliphatic carbocycles. The SMILES string of the molecule is Cc1ccc(-c2nc3cc(F)c(F)cc3c(=O)[nH]2)cc1. The van der Waals surface area contributed by atoms with Gasteiger partial charge in [-0.2, -0.15) is 0 Å². The van der Waals surface area contributed by atoms with Gasteiger partial charge in [-0.1, -0.05) is 29.8 Å². The summed E-state index contributed by atoms with van der Waals surface area (Å²) in [4.78, 5) is 18.7. The second kappa shape index (κ2) is 4.52. The van der Waals surface area contributed by atoms with Crippen LogP contribution in [-0.4, -0.2) is 9.97 Å². The smallest absolute Gasteiger partial charge is 0.259 e. The molecule has 2 aromatic carbocycles. The van der Waals surface area contributed by atoms with Gasteiger partial charge in [-0.25, -0.2) is 13.8 Å². The second-order valence-electron chi connectivity index (χ2n) is 4.56. The minimum atomic E-state index is -1.06. The van der Waals surface area contributed by atoms with E-state index in [2.05, 4.69) is 9.97 Å². The number of nitrogens with zero attached hydrogens (tertiary/aromatic N) is 1. The lowest BCUT2D eigenvalue weighted by Crippen LogP contribution is -2.10. The van der Waals surface area contributed by atoms with Gasteiger partial charge in [0.05, 0.1) is 10.9 Å². The maximum Gasteiger partial charge on any atom is 0.259 e. The van der Waals surface area contributed by atoms with Crippen LogP contribution in [-0.2, 0) is 0 Å². The number of aromatic amines is 1. The first kappa shape index (κ1) is 12.5. The highest BCUT2D eigenvalue weighted by atomic mass is 19.2. The Bertz CT molecular complexity index is 854. The molecule has 0 saturated carbocycles. The van der Waals surface area contributed by atoms with Crippen molar-refractivity contribution < 1.29 is 8.78 Å². The molecule has 0 aliphatic rings. The van der Waals surface area contributed by atoms with E-state index in [1.165, 1.54) is 0 Å². The van der Waals surface area contributed by atoms with E-state index in [0.29, 0.717) is 11.4 Å². The van der Waals surface area contributed by atoms with Gasteiger partial charge in [0.2, 0.25) is 0 Å². The van der Waals surface area contributed by atoms with Crippen LogP contribution in [0.25, 0.3) is 22.3 Å². The minimum absolute atomic E-state index is 0.0276. The molecule has 0 unspecified atom stereocenters. The number of hydrogen-bond acceptors (Lipinski definition) is 2. The van der Waals surface area contributed by atoms with E-state index in [4.69, 9.17) is 0 Å². The highest BCUT2D eigenvalue weighted by Gasteiger charge is 2.10. The van der Waals surface area contributed by atoms with Crippen LogP contribution in [0.3, 0.4) is 0 Å². The maximum atomic E-state index is 13.2. The van der Waals surface area contributed by atoms with E-state index in [1.54, 1.807) is 12.1 Å². The van der Waals surface area contributed by atoms with Crippen molar-refractivity contribution in [2.24, 2.45) is 0 Å². The standard InChI is InChI=1S/C15H10F2N2O/c1-8-2-4-9(5-3-8)14-18-13-7-12(17)11(16)6-10(13)15(20)19-14/h2-7H,1H3,(H,18,19,20). The Morgan fingerprint density at radius 3 is 2.40 bits per heavy atom. The summed E-state index contributed by atoms with van der Waals surface area (Å²) in [5.41, 5.74) is 1.41. The zero-order valence-corrected chi connectivity index (χ0v) is 10.6. The third kappa shape index (κ3) is 2.07. The van der Waals surface area contributed by atoms with Crippen LogP contribution in [0.4, 0.5) is 8.78 Å². The summed E-state index contributed by atoms with van der Waals surface area (Å²) in [6.07, 6.45) is 0. The van der Waals surface area contributed by atoms with Crippen molar-refractivity contribution >= 4 is 10.9 Å². The van der Waals surface area contributed by atoms with Crippen LogP contribution in [0.2, 0.25) is 0 Å². The molecule has 1 N–H and O–H groups in total. The fourth-order valence-electron chi connectivity index (χ4n) is 1.98. The van der Waals surface area contributed by atoms with E-state index < -0.39 is 17.2 Å². The predicted molar refractivity (Wildman–Crippen MR) is 72.5 cm³/mol. The largest absolute Gasteiger partial charge is 0.306 e. The van der Waals surface area contributed by atoms with Crippen LogP contribution < -0.4 is 5.56 Å². The molecule has 3 nitrogen and oxygen atoms in total. The minimum Gasteiger partial charge on any atom is -0.306 e. The average molecular weight is 272 g/mol. The molecule has 0 aliphatic heterocycles. The van der Waals surface area contributed by atoms with Gasteiger partial charge in [0.15, 0.2) is 11.6 Å². The number of rotatable bonds is 1. The summed E-state index contributed by atoms with van der Waals surface area (Å²) in [6.45, 7) is 1.94. The summed E-state index contributed by atoms with van der Waals surface area (Å²) in [7, 11) is 0. The molecule has 3 rings (SSSR count). The monoisotopic (exact) mass is 272 g/mol. The number of aromatic nitrogens is 2. The van der Waals surface area contributed by atoms with Gasteiger partial charge in [-0.3, -0.25) is 4.79 Å². The molecule has 0 fully saturated rings. The molecule has 3 aromatic rings. The molecule has 0 atom stereocenters. The van der Waals surface area contributed by atoms with Crippen LogP contribution in [0.15, 0.2) is 41.2 Å².